The van der Waals surface area contributed by atoms with Crippen LogP contribution in [0.2, 0.25) is 0 Å². The molecule has 5 nitrogen and oxygen atoms in total. The molecule has 0 atom stereocenters. The van der Waals surface area contributed by atoms with Crippen LogP contribution in [0.5, 0.6) is 5.75 Å². The van der Waals surface area contributed by atoms with Gasteiger partial charge in [-0.15, -0.1) is 0 Å². The van der Waals surface area contributed by atoms with Crippen LogP contribution in [0.25, 0.3) is 0 Å². The summed E-state index contributed by atoms with van der Waals surface area (Å²) in [5, 5.41) is 2.53. The van der Waals surface area contributed by atoms with Crippen molar-refractivity contribution in [1.82, 2.24) is 0 Å². The maximum absolute atomic E-state index is 13.0. The van der Waals surface area contributed by atoms with Crippen LogP contribution >= 0.6 is 0 Å². The van der Waals surface area contributed by atoms with Crippen LogP contribution in [-0.2, 0) is 22.2 Å². The van der Waals surface area contributed by atoms with Gasteiger partial charge in [-0.05, 0) is 48.7 Å². The highest BCUT2D eigenvalue weighted by molar-refractivity contribution is 5.96. The van der Waals surface area contributed by atoms with E-state index in [1.807, 2.05) is 6.92 Å². The molecule has 8 heteroatoms. The average Bonchev–Trinajstić information content (AvgIpc) is 3.12. The number of ether oxygens (including phenoxy) is 1. The zero-order chi connectivity index (χ0) is 21.7. The molecule has 0 aromatic heterocycles. The van der Waals surface area contributed by atoms with Crippen molar-refractivity contribution in [2.45, 2.75) is 38.8 Å². The van der Waals surface area contributed by atoms with E-state index >= 15 is 0 Å². The van der Waals surface area contributed by atoms with Crippen LogP contribution in [-0.4, -0.2) is 25.0 Å². The first kappa shape index (κ1) is 21.7. The molecule has 1 aliphatic heterocycles. The molecular weight excluding hydrogens is 397 g/mol. The van der Waals surface area contributed by atoms with Crippen LogP contribution < -0.4 is 15.0 Å². The zero-order valence-corrected chi connectivity index (χ0v) is 16.6. The monoisotopic (exact) mass is 420 g/mol. The Morgan fingerprint density at radius 3 is 2.50 bits per heavy atom. The Morgan fingerprint density at radius 2 is 1.90 bits per heavy atom. The van der Waals surface area contributed by atoms with E-state index in [1.54, 1.807) is 29.2 Å². The van der Waals surface area contributed by atoms with Crippen LogP contribution in [0, 0.1) is 0 Å². The molecule has 0 saturated carbocycles. The van der Waals surface area contributed by atoms with Crippen LogP contribution in [0.3, 0.4) is 0 Å². The Balaban J connectivity index is 1.71. The van der Waals surface area contributed by atoms with Gasteiger partial charge in [-0.1, -0.05) is 19.1 Å². The maximum Gasteiger partial charge on any atom is 0.416 e. The number of rotatable bonds is 7. The van der Waals surface area contributed by atoms with Gasteiger partial charge in [0.05, 0.1) is 24.3 Å². The number of amides is 2. The highest BCUT2D eigenvalue weighted by Gasteiger charge is 2.31. The lowest BCUT2D eigenvalue weighted by atomic mass is 10.1. The van der Waals surface area contributed by atoms with E-state index in [0.717, 1.165) is 24.2 Å². The van der Waals surface area contributed by atoms with Gasteiger partial charge in [0.2, 0.25) is 11.8 Å². The minimum absolute atomic E-state index is 0.0115. The molecule has 0 radical (unpaired) electrons. The first-order valence-corrected chi connectivity index (χ1v) is 9.81. The Bertz CT molecular complexity index is 911. The number of hydrogen-bond acceptors (Lipinski definition) is 3. The van der Waals surface area contributed by atoms with Crippen molar-refractivity contribution in [1.29, 1.82) is 0 Å². The summed E-state index contributed by atoms with van der Waals surface area (Å²) in [5.41, 5.74) is 0.588. The molecule has 0 bridgehead atoms. The third-order valence-electron chi connectivity index (χ3n) is 4.73. The van der Waals surface area contributed by atoms with Crippen molar-refractivity contribution in [2.75, 3.05) is 23.4 Å². The van der Waals surface area contributed by atoms with E-state index in [9.17, 15) is 22.8 Å². The fraction of sp³-hybridized carbons (Fsp3) is 0.364. The third kappa shape index (κ3) is 5.31. The molecule has 30 heavy (non-hydrogen) atoms. The summed E-state index contributed by atoms with van der Waals surface area (Å²) >= 11 is 0. The fourth-order valence-electron chi connectivity index (χ4n) is 3.24. The largest absolute Gasteiger partial charge is 0.491 e. The standard InChI is InChI=1S/C22H23F3N2O3/c1-2-12-30-19-10-7-16(22(23,24)25)14-18(19)26-20(28)13-15-5-8-17(9-6-15)27-11-3-4-21(27)29/h5-10,14H,2-4,11-13H2,1H3,(H,26,28). The van der Waals surface area contributed by atoms with E-state index in [1.165, 1.54) is 6.07 Å². The van der Waals surface area contributed by atoms with E-state index < -0.39 is 17.6 Å². The van der Waals surface area contributed by atoms with Gasteiger partial charge < -0.3 is 15.0 Å². The molecule has 2 aromatic rings. The van der Waals surface area contributed by atoms with Gasteiger partial charge >= 0.3 is 6.18 Å². The second-order valence-corrected chi connectivity index (χ2v) is 7.10. The molecule has 2 amide bonds. The Hall–Kier alpha value is -3.03. The van der Waals surface area contributed by atoms with Gasteiger partial charge in [0, 0.05) is 18.7 Å². The topological polar surface area (TPSA) is 58.6 Å². The normalized spacial score (nSPS) is 14.1. The van der Waals surface area contributed by atoms with Crippen molar-refractivity contribution in [3.8, 4) is 5.75 Å². The second kappa shape index (κ2) is 9.19. The number of anilines is 2. The van der Waals surface area contributed by atoms with Crippen molar-refractivity contribution in [2.24, 2.45) is 0 Å². The van der Waals surface area contributed by atoms with Crippen LogP contribution in [0.4, 0.5) is 24.5 Å². The van der Waals surface area contributed by atoms with Crippen molar-refractivity contribution >= 4 is 23.2 Å². The van der Waals surface area contributed by atoms with Gasteiger partial charge in [0.1, 0.15) is 5.75 Å². The minimum Gasteiger partial charge on any atom is -0.491 e. The van der Waals surface area contributed by atoms with Gasteiger partial charge in [-0.3, -0.25) is 9.59 Å². The lowest BCUT2D eigenvalue weighted by Gasteiger charge is -2.16. The molecular formula is C22H23F3N2O3. The Labute approximate surface area is 172 Å². The Morgan fingerprint density at radius 1 is 1.17 bits per heavy atom. The molecule has 3 rings (SSSR count). The van der Waals surface area contributed by atoms with Crippen molar-refractivity contribution < 1.29 is 27.5 Å². The van der Waals surface area contributed by atoms with Gasteiger partial charge in [0.25, 0.3) is 0 Å². The predicted molar refractivity (Wildman–Crippen MR) is 108 cm³/mol. The lowest BCUT2D eigenvalue weighted by molar-refractivity contribution is -0.137. The number of benzene rings is 2. The maximum atomic E-state index is 13.0. The summed E-state index contributed by atoms with van der Waals surface area (Å²) in [7, 11) is 0. The van der Waals surface area contributed by atoms with Crippen LogP contribution in [0.1, 0.15) is 37.3 Å². The SMILES string of the molecule is CCCOc1ccc(C(F)(F)F)cc1NC(=O)Cc1ccc(N2CCCC2=O)cc1. The zero-order valence-electron chi connectivity index (χ0n) is 16.6. The number of carbonyl (C=O) groups excluding carboxylic acids is 2. The Kier molecular flexibility index (Phi) is 6.64. The number of nitrogens with zero attached hydrogens (tertiary/aromatic N) is 1. The summed E-state index contributed by atoms with van der Waals surface area (Å²) in [6.45, 7) is 2.88. The minimum atomic E-state index is -4.52. The molecule has 0 spiro atoms. The molecule has 1 heterocycles. The smallest absolute Gasteiger partial charge is 0.416 e. The van der Waals surface area contributed by atoms with Crippen molar-refractivity contribution in [3.63, 3.8) is 0 Å². The summed E-state index contributed by atoms with van der Waals surface area (Å²) in [5.74, 6) is -0.189. The molecule has 1 saturated heterocycles. The molecule has 1 fully saturated rings. The van der Waals surface area contributed by atoms with E-state index in [4.69, 9.17) is 4.74 Å². The van der Waals surface area contributed by atoms with Gasteiger partial charge in [-0.25, -0.2) is 0 Å². The average molecular weight is 420 g/mol. The molecule has 0 aliphatic carbocycles. The summed E-state index contributed by atoms with van der Waals surface area (Å²) < 4.78 is 44.6. The highest BCUT2D eigenvalue weighted by atomic mass is 19.4. The summed E-state index contributed by atoms with van der Waals surface area (Å²) in [6.07, 6.45) is -2.50. The first-order valence-electron chi connectivity index (χ1n) is 9.81. The quantitative estimate of drug-likeness (QED) is 0.700. The van der Waals surface area contributed by atoms with Gasteiger partial charge in [0.15, 0.2) is 0 Å². The van der Waals surface area contributed by atoms with Gasteiger partial charge in [-0.2, -0.15) is 13.2 Å². The third-order valence-corrected chi connectivity index (χ3v) is 4.73. The first-order chi connectivity index (χ1) is 14.3. The molecule has 1 N–H and O–H groups in total. The summed E-state index contributed by atoms with van der Waals surface area (Å²) in [6, 6.07) is 10.0. The van der Waals surface area contributed by atoms with Crippen LogP contribution in [0.15, 0.2) is 42.5 Å². The second-order valence-electron chi connectivity index (χ2n) is 7.10. The van der Waals surface area contributed by atoms with E-state index in [-0.39, 0.29) is 23.8 Å². The van der Waals surface area contributed by atoms with E-state index in [2.05, 4.69) is 5.32 Å². The number of nitrogens with one attached hydrogen (secondary N) is 1. The summed E-state index contributed by atoms with van der Waals surface area (Å²) in [4.78, 5) is 26.0. The molecule has 2 aromatic carbocycles. The predicted octanol–water partition coefficient (Wildman–Crippen LogP) is 4.80. The lowest BCUT2D eigenvalue weighted by Crippen LogP contribution is -2.23. The highest BCUT2D eigenvalue weighted by Crippen LogP contribution is 2.35. The number of hydrogen-bond donors (Lipinski definition) is 1. The number of halogens is 3. The molecule has 0 unspecified atom stereocenters. The van der Waals surface area contributed by atoms with Crippen molar-refractivity contribution in [3.05, 3.63) is 53.6 Å². The number of carbonyl (C=O) groups is 2. The molecule has 1 aliphatic rings. The number of alkyl halides is 3. The molecule has 160 valence electrons. The fourth-order valence-corrected chi connectivity index (χ4v) is 3.24. The van der Waals surface area contributed by atoms with E-state index in [0.29, 0.717) is 31.6 Å².